The van der Waals surface area contributed by atoms with E-state index in [0.29, 0.717) is 12.5 Å². The zero-order valence-electron chi connectivity index (χ0n) is 8.33. The highest BCUT2D eigenvalue weighted by atomic mass is 16.7. The summed E-state index contributed by atoms with van der Waals surface area (Å²) in [7, 11) is 0. The lowest BCUT2D eigenvalue weighted by atomic mass is 10.3. The maximum atomic E-state index is 11.3. The summed E-state index contributed by atoms with van der Waals surface area (Å²) < 4.78 is 10.7. The van der Waals surface area contributed by atoms with E-state index in [-0.39, 0.29) is 12.2 Å². The van der Waals surface area contributed by atoms with Crippen LogP contribution >= 0.6 is 0 Å². The Kier molecular flexibility index (Phi) is 3.37. The quantitative estimate of drug-likeness (QED) is 0.723. The van der Waals surface area contributed by atoms with Crippen LogP contribution in [0.2, 0.25) is 0 Å². The van der Waals surface area contributed by atoms with Crippen molar-refractivity contribution in [2.75, 3.05) is 19.8 Å². The average molecular weight is 199 g/mol. The maximum Gasteiger partial charge on any atom is 0.223 e. The molecule has 0 atom stereocenters. The molecular weight excluding hydrogens is 182 g/mol. The van der Waals surface area contributed by atoms with E-state index in [0.717, 1.165) is 38.9 Å². The fourth-order valence-corrected chi connectivity index (χ4v) is 1.51. The van der Waals surface area contributed by atoms with Gasteiger partial charge >= 0.3 is 0 Å². The fourth-order valence-electron chi connectivity index (χ4n) is 1.51. The Balaban J connectivity index is 1.54. The predicted octanol–water partition coefficient (Wildman–Crippen LogP) is 0.666. The number of nitrogens with one attached hydrogen (secondary N) is 1. The van der Waals surface area contributed by atoms with Gasteiger partial charge in [-0.1, -0.05) is 0 Å². The first-order chi connectivity index (χ1) is 6.86. The van der Waals surface area contributed by atoms with Gasteiger partial charge in [0, 0.05) is 18.9 Å². The molecular formula is C10H17NO3. The third-order valence-electron chi connectivity index (χ3n) is 2.52. The lowest BCUT2D eigenvalue weighted by Gasteiger charge is -2.23. The van der Waals surface area contributed by atoms with Crippen LogP contribution in [0.25, 0.3) is 0 Å². The minimum Gasteiger partial charge on any atom is -0.356 e. The number of rotatable bonds is 4. The standard InChI is InChI=1S/C10H17NO3/c12-10(8-2-3-8)11-5-4-9-13-6-1-7-14-9/h8-9H,1-7H2,(H,11,12). The van der Waals surface area contributed by atoms with Crippen molar-refractivity contribution in [1.82, 2.24) is 5.32 Å². The van der Waals surface area contributed by atoms with Gasteiger partial charge < -0.3 is 14.8 Å². The van der Waals surface area contributed by atoms with Crippen LogP contribution < -0.4 is 5.32 Å². The van der Waals surface area contributed by atoms with Crippen LogP contribution in [0, 0.1) is 5.92 Å². The maximum absolute atomic E-state index is 11.3. The van der Waals surface area contributed by atoms with Gasteiger partial charge in [-0.15, -0.1) is 0 Å². The summed E-state index contributed by atoms with van der Waals surface area (Å²) in [5.41, 5.74) is 0. The van der Waals surface area contributed by atoms with Crippen LogP contribution in [0.3, 0.4) is 0 Å². The van der Waals surface area contributed by atoms with Crippen molar-refractivity contribution >= 4 is 5.91 Å². The smallest absolute Gasteiger partial charge is 0.223 e. The molecule has 4 nitrogen and oxygen atoms in total. The van der Waals surface area contributed by atoms with Gasteiger partial charge in [0.25, 0.3) is 0 Å². The lowest BCUT2D eigenvalue weighted by molar-refractivity contribution is -0.180. The van der Waals surface area contributed by atoms with Gasteiger partial charge in [-0.05, 0) is 19.3 Å². The zero-order valence-corrected chi connectivity index (χ0v) is 8.33. The second-order valence-electron chi connectivity index (χ2n) is 3.88. The SMILES string of the molecule is O=C(NCCC1OCCCO1)C1CC1. The Labute approximate surface area is 84.0 Å². The van der Waals surface area contributed by atoms with Gasteiger partial charge in [0.2, 0.25) is 5.91 Å². The van der Waals surface area contributed by atoms with E-state index in [4.69, 9.17) is 9.47 Å². The van der Waals surface area contributed by atoms with Gasteiger partial charge in [-0.3, -0.25) is 4.79 Å². The van der Waals surface area contributed by atoms with E-state index >= 15 is 0 Å². The van der Waals surface area contributed by atoms with Gasteiger partial charge in [0.1, 0.15) is 0 Å². The van der Waals surface area contributed by atoms with E-state index in [1.807, 2.05) is 0 Å². The summed E-state index contributed by atoms with van der Waals surface area (Å²) in [5, 5.41) is 2.89. The molecule has 1 saturated carbocycles. The van der Waals surface area contributed by atoms with Crippen LogP contribution in [-0.2, 0) is 14.3 Å². The van der Waals surface area contributed by atoms with Crippen LogP contribution in [-0.4, -0.2) is 32.0 Å². The van der Waals surface area contributed by atoms with Gasteiger partial charge in [0.05, 0.1) is 13.2 Å². The van der Waals surface area contributed by atoms with Crippen molar-refractivity contribution < 1.29 is 14.3 Å². The van der Waals surface area contributed by atoms with Gasteiger partial charge in [-0.25, -0.2) is 0 Å². The minimum absolute atomic E-state index is 0.108. The molecule has 0 bridgehead atoms. The van der Waals surface area contributed by atoms with Crippen molar-refractivity contribution in [1.29, 1.82) is 0 Å². The molecule has 4 heteroatoms. The molecule has 1 aliphatic heterocycles. The molecule has 0 spiro atoms. The molecule has 1 aliphatic carbocycles. The Morgan fingerprint density at radius 3 is 2.64 bits per heavy atom. The molecule has 0 radical (unpaired) electrons. The molecule has 0 unspecified atom stereocenters. The fraction of sp³-hybridized carbons (Fsp3) is 0.900. The molecule has 0 aromatic carbocycles. The molecule has 0 aromatic rings. The lowest BCUT2D eigenvalue weighted by Crippen LogP contribution is -2.32. The van der Waals surface area contributed by atoms with E-state index in [1.54, 1.807) is 0 Å². The first-order valence-electron chi connectivity index (χ1n) is 5.37. The van der Waals surface area contributed by atoms with Crippen LogP contribution in [0.1, 0.15) is 25.7 Å². The van der Waals surface area contributed by atoms with Gasteiger partial charge in [0.15, 0.2) is 6.29 Å². The van der Waals surface area contributed by atoms with E-state index in [2.05, 4.69) is 5.32 Å². The van der Waals surface area contributed by atoms with E-state index < -0.39 is 0 Å². The molecule has 2 aliphatic rings. The van der Waals surface area contributed by atoms with Crippen molar-refractivity contribution in [3.05, 3.63) is 0 Å². The predicted molar refractivity (Wildman–Crippen MR) is 50.7 cm³/mol. The normalized spacial score (nSPS) is 23.4. The third-order valence-corrected chi connectivity index (χ3v) is 2.52. The topological polar surface area (TPSA) is 47.6 Å². The summed E-state index contributed by atoms with van der Waals surface area (Å²) in [6.45, 7) is 2.22. The van der Waals surface area contributed by atoms with Gasteiger partial charge in [-0.2, -0.15) is 0 Å². The Morgan fingerprint density at radius 1 is 1.29 bits per heavy atom. The Bertz CT molecular complexity index is 198. The second-order valence-corrected chi connectivity index (χ2v) is 3.88. The number of hydrogen-bond acceptors (Lipinski definition) is 3. The molecule has 1 amide bonds. The monoisotopic (exact) mass is 199 g/mol. The van der Waals surface area contributed by atoms with Crippen LogP contribution in [0.5, 0.6) is 0 Å². The zero-order chi connectivity index (χ0) is 9.80. The number of carbonyl (C=O) groups is 1. The van der Waals surface area contributed by atoms with Crippen LogP contribution in [0.15, 0.2) is 0 Å². The number of ether oxygens (including phenoxy) is 2. The summed E-state index contributed by atoms with van der Waals surface area (Å²) in [4.78, 5) is 11.3. The second kappa shape index (κ2) is 4.75. The number of amides is 1. The van der Waals surface area contributed by atoms with E-state index in [9.17, 15) is 4.79 Å². The van der Waals surface area contributed by atoms with Crippen molar-refractivity contribution in [2.24, 2.45) is 5.92 Å². The Hall–Kier alpha value is -0.610. The summed E-state index contributed by atoms with van der Waals surface area (Å²) in [6, 6.07) is 0. The third kappa shape index (κ3) is 2.96. The summed E-state index contributed by atoms with van der Waals surface area (Å²) in [5.74, 6) is 0.490. The average Bonchev–Trinajstić information content (AvgIpc) is 3.02. The van der Waals surface area contributed by atoms with Crippen molar-refractivity contribution in [3.63, 3.8) is 0 Å². The summed E-state index contributed by atoms with van der Waals surface area (Å²) in [6.07, 6.45) is 3.75. The number of hydrogen-bond donors (Lipinski definition) is 1. The highest BCUT2D eigenvalue weighted by molar-refractivity contribution is 5.80. The van der Waals surface area contributed by atoms with E-state index in [1.165, 1.54) is 0 Å². The first-order valence-corrected chi connectivity index (χ1v) is 5.37. The van der Waals surface area contributed by atoms with Crippen LogP contribution in [0.4, 0.5) is 0 Å². The van der Waals surface area contributed by atoms with Crippen molar-refractivity contribution in [3.8, 4) is 0 Å². The minimum atomic E-state index is -0.108. The largest absolute Gasteiger partial charge is 0.356 e. The molecule has 1 heterocycles. The molecule has 2 rings (SSSR count). The molecule has 2 fully saturated rings. The molecule has 0 aromatic heterocycles. The summed E-state index contributed by atoms with van der Waals surface area (Å²) >= 11 is 0. The Morgan fingerprint density at radius 2 is 2.00 bits per heavy atom. The highest BCUT2D eigenvalue weighted by Gasteiger charge is 2.29. The molecule has 14 heavy (non-hydrogen) atoms. The number of carbonyl (C=O) groups excluding carboxylic acids is 1. The highest BCUT2D eigenvalue weighted by Crippen LogP contribution is 2.28. The molecule has 1 saturated heterocycles. The van der Waals surface area contributed by atoms with Crippen molar-refractivity contribution in [2.45, 2.75) is 32.0 Å². The first kappa shape index (κ1) is 9.93. The molecule has 1 N–H and O–H groups in total. The molecule has 80 valence electrons.